The quantitative estimate of drug-likeness (QED) is 0.717. The third-order valence-corrected chi connectivity index (χ3v) is 5.30. The van der Waals surface area contributed by atoms with Crippen LogP contribution in [0.2, 0.25) is 0 Å². The number of fused-ring (bicyclic) bond motifs is 5. The lowest BCUT2D eigenvalue weighted by Gasteiger charge is -2.15. The molecule has 16 heavy (non-hydrogen) atoms. The summed E-state index contributed by atoms with van der Waals surface area (Å²) in [5.74, 6) is 5.59. The zero-order valence-electron chi connectivity index (χ0n) is 10.7. The van der Waals surface area contributed by atoms with Crippen LogP contribution in [-0.2, 0) is 0 Å². The molecule has 0 aromatic carbocycles. The normalized spacial score (nSPS) is 45.8. The average Bonchev–Trinajstić information content (AvgIpc) is 2.69. The van der Waals surface area contributed by atoms with Gasteiger partial charge in [0.1, 0.15) is 0 Å². The lowest BCUT2D eigenvalue weighted by Crippen LogP contribution is -2.37. The molecule has 3 fully saturated rings. The molecule has 5 unspecified atom stereocenters. The van der Waals surface area contributed by atoms with E-state index in [1.165, 1.54) is 6.54 Å². The smallest absolute Gasteiger partial charge is 0.0164 e. The van der Waals surface area contributed by atoms with Crippen LogP contribution in [0.5, 0.6) is 0 Å². The molecule has 3 saturated carbocycles. The van der Waals surface area contributed by atoms with Crippen molar-refractivity contribution in [1.29, 1.82) is 0 Å². The van der Waals surface area contributed by atoms with E-state index in [-0.39, 0.29) is 0 Å². The van der Waals surface area contributed by atoms with Crippen molar-refractivity contribution in [2.75, 3.05) is 19.6 Å². The van der Waals surface area contributed by atoms with Crippen molar-refractivity contribution in [3.8, 4) is 0 Å². The Morgan fingerprint density at radius 3 is 2.50 bits per heavy atom. The van der Waals surface area contributed by atoms with Gasteiger partial charge in [-0.1, -0.05) is 6.92 Å². The van der Waals surface area contributed by atoms with Crippen molar-refractivity contribution in [2.24, 2.45) is 29.6 Å². The highest BCUT2D eigenvalue weighted by Crippen LogP contribution is 2.69. The standard InChI is InChI=1S/C14H26N2/c1-3-15-7-9(2)16-8-12-13-10-4-5-11(6-10)14(12)13/h9-16H,3-8H2,1-2H3. The number of hydrogen-bond acceptors (Lipinski definition) is 2. The van der Waals surface area contributed by atoms with E-state index in [0.717, 1.165) is 42.7 Å². The second-order valence-corrected chi connectivity index (χ2v) is 6.27. The fourth-order valence-electron chi connectivity index (χ4n) is 4.55. The molecule has 3 aliphatic carbocycles. The predicted molar refractivity (Wildman–Crippen MR) is 67.3 cm³/mol. The van der Waals surface area contributed by atoms with Crippen LogP contribution in [-0.4, -0.2) is 25.7 Å². The Bertz CT molecular complexity index is 237. The third-order valence-electron chi connectivity index (χ3n) is 5.30. The number of rotatable bonds is 6. The molecule has 92 valence electrons. The average molecular weight is 222 g/mol. The monoisotopic (exact) mass is 222 g/mol. The van der Waals surface area contributed by atoms with Crippen molar-refractivity contribution in [1.82, 2.24) is 10.6 Å². The van der Waals surface area contributed by atoms with Crippen molar-refractivity contribution in [2.45, 2.75) is 39.2 Å². The minimum atomic E-state index is 0.638. The van der Waals surface area contributed by atoms with Gasteiger partial charge in [0, 0.05) is 12.6 Å². The van der Waals surface area contributed by atoms with Crippen molar-refractivity contribution >= 4 is 0 Å². The number of likely N-dealkylation sites (N-methyl/N-ethyl adjacent to an activating group) is 1. The van der Waals surface area contributed by atoms with E-state index in [2.05, 4.69) is 24.5 Å². The van der Waals surface area contributed by atoms with E-state index in [1.54, 1.807) is 19.3 Å². The first-order valence-corrected chi connectivity index (χ1v) is 7.25. The van der Waals surface area contributed by atoms with Crippen LogP contribution >= 0.6 is 0 Å². The Morgan fingerprint density at radius 2 is 1.88 bits per heavy atom. The van der Waals surface area contributed by atoms with E-state index < -0.39 is 0 Å². The van der Waals surface area contributed by atoms with Crippen LogP contribution in [0.1, 0.15) is 33.1 Å². The largest absolute Gasteiger partial charge is 0.315 e. The Balaban J connectivity index is 1.39. The summed E-state index contributed by atoms with van der Waals surface area (Å²) < 4.78 is 0. The second kappa shape index (κ2) is 4.30. The maximum Gasteiger partial charge on any atom is 0.0164 e. The molecule has 2 bridgehead atoms. The number of nitrogens with one attached hydrogen (secondary N) is 2. The molecular formula is C14H26N2. The molecular weight excluding hydrogens is 196 g/mol. The van der Waals surface area contributed by atoms with Crippen LogP contribution < -0.4 is 10.6 Å². The van der Waals surface area contributed by atoms with Gasteiger partial charge in [0.25, 0.3) is 0 Å². The van der Waals surface area contributed by atoms with Gasteiger partial charge in [-0.25, -0.2) is 0 Å². The Hall–Kier alpha value is -0.0800. The molecule has 0 aliphatic heterocycles. The van der Waals surface area contributed by atoms with Gasteiger partial charge in [-0.2, -0.15) is 0 Å². The second-order valence-electron chi connectivity index (χ2n) is 6.27. The topological polar surface area (TPSA) is 24.1 Å². The Morgan fingerprint density at radius 1 is 1.19 bits per heavy atom. The van der Waals surface area contributed by atoms with Gasteiger partial charge in [-0.3, -0.25) is 0 Å². The van der Waals surface area contributed by atoms with Gasteiger partial charge in [0.15, 0.2) is 0 Å². The Kier molecular flexibility index (Phi) is 2.97. The Labute approximate surface area is 99.6 Å². The van der Waals surface area contributed by atoms with E-state index >= 15 is 0 Å². The van der Waals surface area contributed by atoms with Crippen LogP contribution in [0.3, 0.4) is 0 Å². The van der Waals surface area contributed by atoms with Crippen molar-refractivity contribution in [3.05, 3.63) is 0 Å². The minimum absolute atomic E-state index is 0.638. The van der Waals surface area contributed by atoms with Gasteiger partial charge in [-0.15, -0.1) is 0 Å². The van der Waals surface area contributed by atoms with E-state index in [9.17, 15) is 0 Å². The van der Waals surface area contributed by atoms with Gasteiger partial charge in [0.2, 0.25) is 0 Å². The van der Waals surface area contributed by atoms with E-state index in [1.807, 2.05) is 0 Å². The molecule has 2 N–H and O–H groups in total. The van der Waals surface area contributed by atoms with Gasteiger partial charge < -0.3 is 10.6 Å². The summed E-state index contributed by atoms with van der Waals surface area (Å²) in [5, 5.41) is 7.12. The first-order chi connectivity index (χ1) is 7.81. The SMILES string of the molecule is CCNCC(C)NCC1C2C3CCC(C3)C12. The third kappa shape index (κ3) is 1.80. The lowest BCUT2D eigenvalue weighted by atomic mass is 10.0. The lowest BCUT2D eigenvalue weighted by molar-refractivity contribution is 0.417. The summed E-state index contributed by atoms with van der Waals surface area (Å²) >= 11 is 0. The molecule has 0 heterocycles. The molecule has 0 saturated heterocycles. The molecule has 0 aromatic heterocycles. The summed E-state index contributed by atoms with van der Waals surface area (Å²) in [6.45, 7) is 7.97. The summed E-state index contributed by atoms with van der Waals surface area (Å²) in [4.78, 5) is 0. The first kappa shape index (κ1) is 11.0. The fourth-order valence-corrected chi connectivity index (χ4v) is 4.55. The van der Waals surface area contributed by atoms with E-state index in [0.29, 0.717) is 6.04 Å². The highest BCUT2D eigenvalue weighted by atomic mass is 15.0. The highest BCUT2D eigenvalue weighted by molar-refractivity contribution is 5.13. The van der Waals surface area contributed by atoms with Crippen molar-refractivity contribution in [3.63, 3.8) is 0 Å². The molecule has 3 aliphatic rings. The summed E-state index contributed by atoms with van der Waals surface area (Å²) in [6.07, 6.45) is 4.68. The zero-order valence-corrected chi connectivity index (χ0v) is 10.7. The first-order valence-electron chi connectivity index (χ1n) is 7.25. The van der Waals surface area contributed by atoms with Crippen LogP contribution in [0, 0.1) is 29.6 Å². The van der Waals surface area contributed by atoms with Crippen LogP contribution in [0.4, 0.5) is 0 Å². The van der Waals surface area contributed by atoms with Crippen molar-refractivity contribution < 1.29 is 0 Å². The summed E-state index contributed by atoms with van der Waals surface area (Å²) in [5.41, 5.74) is 0. The van der Waals surface area contributed by atoms with Gasteiger partial charge >= 0.3 is 0 Å². The maximum atomic E-state index is 3.71. The number of hydrogen-bond donors (Lipinski definition) is 2. The van der Waals surface area contributed by atoms with Crippen LogP contribution in [0.15, 0.2) is 0 Å². The van der Waals surface area contributed by atoms with Crippen LogP contribution in [0.25, 0.3) is 0 Å². The molecule has 2 nitrogen and oxygen atoms in total. The molecule has 3 rings (SSSR count). The van der Waals surface area contributed by atoms with Gasteiger partial charge in [0.05, 0.1) is 0 Å². The predicted octanol–water partition coefficient (Wildman–Crippen LogP) is 1.87. The van der Waals surface area contributed by atoms with Gasteiger partial charge in [-0.05, 0) is 68.9 Å². The molecule has 0 radical (unpaired) electrons. The fraction of sp³-hybridized carbons (Fsp3) is 1.00. The maximum absolute atomic E-state index is 3.71. The summed E-state index contributed by atoms with van der Waals surface area (Å²) in [6, 6.07) is 0.638. The molecule has 5 atom stereocenters. The molecule has 0 amide bonds. The molecule has 0 aromatic rings. The summed E-state index contributed by atoms with van der Waals surface area (Å²) in [7, 11) is 0. The zero-order chi connectivity index (χ0) is 11.1. The van der Waals surface area contributed by atoms with E-state index in [4.69, 9.17) is 0 Å². The molecule has 0 spiro atoms. The minimum Gasteiger partial charge on any atom is -0.315 e. The molecule has 2 heteroatoms. The highest BCUT2D eigenvalue weighted by Gasteiger charge is 2.64.